The van der Waals surface area contributed by atoms with Crippen LogP contribution in [0.5, 0.6) is 0 Å². The van der Waals surface area contributed by atoms with Gasteiger partial charge in [-0.05, 0) is 38.1 Å². The van der Waals surface area contributed by atoms with Gasteiger partial charge in [-0.2, -0.15) is 0 Å². The van der Waals surface area contributed by atoms with Gasteiger partial charge < -0.3 is 10.1 Å². The smallest absolute Gasteiger partial charge is 0.241 e. The fourth-order valence-corrected chi connectivity index (χ4v) is 2.85. The van der Waals surface area contributed by atoms with Crippen molar-refractivity contribution in [3.63, 3.8) is 0 Å². The monoisotopic (exact) mass is 327 g/mol. The van der Waals surface area contributed by atoms with Crippen LogP contribution in [-0.4, -0.2) is 51.1 Å². The van der Waals surface area contributed by atoms with E-state index in [0.717, 1.165) is 0 Å². The fraction of sp³-hybridized carbons (Fsp3) is 0.500. The van der Waals surface area contributed by atoms with E-state index in [2.05, 4.69) is 10.2 Å². The molecule has 0 bridgehead atoms. The van der Waals surface area contributed by atoms with Crippen molar-refractivity contribution in [3.05, 3.63) is 24.3 Å². The predicted octanol–water partition coefficient (Wildman–Crippen LogP) is 0.382. The summed E-state index contributed by atoms with van der Waals surface area (Å²) >= 11 is 0. The highest BCUT2D eigenvalue weighted by molar-refractivity contribution is 7.89. The first kappa shape index (κ1) is 16.9. The molecule has 0 aromatic heterocycles. The topological polar surface area (TPSA) is 102 Å². The Morgan fingerprint density at radius 2 is 2.05 bits per heavy atom. The number of anilines is 1. The van der Waals surface area contributed by atoms with Crippen LogP contribution in [0.2, 0.25) is 0 Å². The number of primary sulfonamides is 1. The van der Waals surface area contributed by atoms with Crippen molar-refractivity contribution < 1.29 is 17.9 Å². The molecule has 1 heterocycles. The van der Waals surface area contributed by atoms with E-state index in [1.807, 2.05) is 13.8 Å². The van der Waals surface area contributed by atoms with Gasteiger partial charge >= 0.3 is 0 Å². The van der Waals surface area contributed by atoms with Crippen LogP contribution in [-0.2, 0) is 19.6 Å². The van der Waals surface area contributed by atoms with Gasteiger partial charge in [0.15, 0.2) is 0 Å². The number of morpholine rings is 1. The lowest BCUT2D eigenvalue weighted by Crippen LogP contribution is -2.50. The predicted molar refractivity (Wildman–Crippen MR) is 82.9 cm³/mol. The Labute approximate surface area is 130 Å². The van der Waals surface area contributed by atoms with Crippen LogP contribution in [0.25, 0.3) is 0 Å². The Morgan fingerprint density at radius 1 is 1.41 bits per heavy atom. The number of carbonyl (C=O) groups is 1. The molecule has 22 heavy (non-hydrogen) atoms. The number of ether oxygens (including phenoxy) is 1. The van der Waals surface area contributed by atoms with Gasteiger partial charge in [-0.25, -0.2) is 13.6 Å². The third kappa shape index (κ3) is 4.26. The van der Waals surface area contributed by atoms with E-state index >= 15 is 0 Å². The Hall–Kier alpha value is -1.48. The fourth-order valence-electron chi connectivity index (χ4n) is 2.34. The molecular weight excluding hydrogens is 306 g/mol. The molecule has 1 amide bonds. The van der Waals surface area contributed by atoms with Crippen molar-refractivity contribution in [2.24, 2.45) is 5.14 Å². The molecule has 2 atom stereocenters. The zero-order chi connectivity index (χ0) is 16.3. The van der Waals surface area contributed by atoms with Gasteiger partial charge in [0.25, 0.3) is 0 Å². The van der Waals surface area contributed by atoms with Gasteiger partial charge in [-0.1, -0.05) is 0 Å². The number of hydrogen-bond acceptors (Lipinski definition) is 5. The largest absolute Gasteiger partial charge is 0.376 e. The Bertz CT molecular complexity index is 630. The summed E-state index contributed by atoms with van der Waals surface area (Å²) in [5.74, 6) is -0.141. The van der Waals surface area contributed by atoms with Gasteiger partial charge in [0.2, 0.25) is 15.9 Å². The summed E-state index contributed by atoms with van der Waals surface area (Å²) < 4.78 is 27.8. The van der Waals surface area contributed by atoms with Crippen molar-refractivity contribution >= 4 is 21.6 Å². The maximum atomic E-state index is 12.3. The molecule has 7 nitrogen and oxygen atoms in total. The molecule has 1 fully saturated rings. The van der Waals surface area contributed by atoms with Crippen molar-refractivity contribution in [2.45, 2.75) is 30.9 Å². The van der Waals surface area contributed by atoms with Crippen LogP contribution < -0.4 is 10.5 Å². The number of carbonyl (C=O) groups excluding carboxylic acids is 1. The minimum atomic E-state index is -3.72. The molecule has 1 aliphatic rings. The summed E-state index contributed by atoms with van der Waals surface area (Å²) in [6.45, 7) is 5.85. The zero-order valence-corrected chi connectivity index (χ0v) is 13.5. The lowest BCUT2D eigenvalue weighted by atomic mass is 10.2. The molecular formula is C14H21N3O4S. The second kappa shape index (κ2) is 6.74. The van der Waals surface area contributed by atoms with Gasteiger partial charge in [0.1, 0.15) is 0 Å². The van der Waals surface area contributed by atoms with Gasteiger partial charge in [-0.3, -0.25) is 9.69 Å². The minimum absolute atomic E-state index is 0.0144. The van der Waals surface area contributed by atoms with E-state index in [9.17, 15) is 13.2 Å². The number of nitrogens with two attached hydrogens (primary N) is 1. The molecule has 2 unspecified atom stereocenters. The number of hydrogen-bond donors (Lipinski definition) is 2. The molecule has 1 aromatic rings. The van der Waals surface area contributed by atoms with E-state index in [1.165, 1.54) is 24.3 Å². The molecule has 0 aliphatic carbocycles. The Kier molecular flexibility index (Phi) is 5.17. The van der Waals surface area contributed by atoms with Crippen LogP contribution in [0.15, 0.2) is 29.2 Å². The minimum Gasteiger partial charge on any atom is -0.376 e. The molecule has 0 spiro atoms. The third-order valence-corrected chi connectivity index (χ3v) is 4.58. The van der Waals surface area contributed by atoms with E-state index in [0.29, 0.717) is 25.4 Å². The average molecular weight is 327 g/mol. The number of nitrogens with zero attached hydrogens (tertiary/aromatic N) is 1. The summed E-state index contributed by atoms with van der Waals surface area (Å²) in [5, 5.41) is 7.81. The summed E-state index contributed by atoms with van der Waals surface area (Å²) in [6.07, 6.45) is 0.109. The molecule has 1 saturated heterocycles. The first-order chi connectivity index (χ1) is 10.3. The molecule has 1 aromatic carbocycles. The van der Waals surface area contributed by atoms with Gasteiger partial charge in [0.05, 0.1) is 23.6 Å². The Morgan fingerprint density at radius 3 is 2.59 bits per heavy atom. The highest BCUT2D eigenvalue weighted by Crippen LogP contribution is 2.15. The molecule has 1 aliphatic heterocycles. The van der Waals surface area contributed by atoms with E-state index < -0.39 is 10.0 Å². The second-order valence-electron chi connectivity index (χ2n) is 5.41. The quantitative estimate of drug-likeness (QED) is 0.832. The van der Waals surface area contributed by atoms with E-state index in [1.54, 1.807) is 0 Å². The standard InChI is InChI=1S/C14H21N3O4S/c1-10-9-17(7-8-21-10)11(2)14(18)16-12-3-5-13(6-4-12)22(15,19)20/h3-6,10-11H,7-9H2,1-2H3,(H,16,18)(H2,15,19,20). The molecule has 122 valence electrons. The SMILES string of the molecule is CC1CN(C(C)C(=O)Nc2ccc(S(N)(=O)=O)cc2)CCO1. The molecule has 0 radical (unpaired) electrons. The van der Waals surface area contributed by atoms with Crippen LogP contribution in [0.3, 0.4) is 0 Å². The van der Waals surface area contributed by atoms with Gasteiger partial charge in [-0.15, -0.1) is 0 Å². The Balaban J connectivity index is 1.99. The highest BCUT2D eigenvalue weighted by atomic mass is 32.2. The average Bonchev–Trinajstić information content (AvgIpc) is 2.46. The van der Waals surface area contributed by atoms with Crippen molar-refractivity contribution in [3.8, 4) is 0 Å². The van der Waals surface area contributed by atoms with Crippen LogP contribution >= 0.6 is 0 Å². The summed E-state index contributed by atoms with van der Waals surface area (Å²) in [4.78, 5) is 14.3. The summed E-state index contributed by atoms with van der Waals surface area (Å²) in [6, 6.07) is 5.49. The normalized spacial score (nSPS) is 21.3. The van der Waals surface area contributed by atoms with E-state index in [4.69, 9.17) is 9.88 Å². The molecule has 8 heteroatoms. The molecule has 0 saturated carbocycles. The zero-order valence-electron chi connectivity index (χ0n) is 12.7. The summed E-state index contributed by atoms with van der Waals surface area (Å²) in [7, 11) is -3.72. The van der Waals surface area contributed by atoms with Crippen LogP contribution in [0.4, 0.5) is 5.69 Å². The lowest BCUT2D eigenvalue weighted by molar-refractivity contribution is -0.123. The maximum absolute atomic E-state index is 12.3. The third-order valence-electron chi connectivity index (χ3n) is 3.65. The summed E-state index contributed by atoms with van der Waals surface area (Å²) in [5.41, 5.74) is 0.533. The van der Waals surface area contributed by atoms with E-state index in [-0.39, 0.29) is 22.9 Å². The number of amides is 1. The van der Waals surface area contributed by atoms with Crippen LogP contribution in [0.1, 0.15) is 13.8 Å². The molecule has 3 N–H and O–H groups in total. The van der Waals surface area contributed by atoms with Crippen molar-refractivity contribution in [2.75, 3.05) is 25.0 Å². The second-order valence-corrected chi connectivity index (χ2v) is 6.97. The number of benzene rings is 1. The van der Waals surface area contributed by atoms with Crippen LogP contribution in [0, 0.1) is 0 Å². The first-order valence-corrected chi connectivity index (χ1v) is 8.61. The molecule has 2 rings (SSSR count). The van der Waals surface area contributed by atoms with Gasteiger partial charge in [0, 0.05) is 18.8 Å². The lowest BCUT2D eigenvalue weighted by Gasteiger charge is -2.34. The maximum Gasteiger partial charge on any atom is 0.241 e. The number of sulfonamides is 1. The van der Waals surface area contributed by atoms with Crippen molar-refractivity contribution in [1.29, 1.82) is 0 Å². The van der Waals surface area contributed by atoms with Crippen molar-refractivity contribution in [1.82, 2.24) is 4.90 Å². The first-order valence-electron chi connectivity index (χ1n) is 7.07. The number of rotatable bonds is 4. The number of nitrogens with one attached hydrogen (secondary N) is 1. The highest BCUT2D eigenvalue weighted by Gasteiger charge is 2.26.